The van der Waals surface area contributed by atoms with Crippen LogP contribution >= 0.6 is 22.6 Å². The van der Waals surface area contributed by atoms with Crippen LogP contribution in [0.3, 0.4) is 0 Å². The first-order valence-corrected chi connectivity index (χ1v) is 17.5. The van der Waals surface area contributed by atoms with Gasteiger partial charge in [-0.25, -0.2) is 0 Å². The van der Waals surface area contributed by atoms with Gasteiger partial charge in [0.25, 0.3) is 0 Å². The van der Waals surface area contributed by atoms with E-state index in [2.05, 4.69) is 90.2 Å². The molecule has 0 radical (unpaired) electrons. The molecule has 0 rings (SSSR count). The van der Waals surface area contributed by atoms with Crippen molar-refractivity contribution in [1.82, 2.24) is 0 Å². The molecule has 7 heteroatoms. The number of ether oxygens (including phenoxy) is 3. The molecule has 0 amide bonds. The van der Waals surface area contributed by atoms with Gasteiger partial charge >= 0.3 is 5.97 Å². The molecule has 0 heterocycles. The largest absolute Gasteiger partial charge is 0.462 e. The van der Waals surface area contributed by atoms with E-state index in [9.17, 15) is 4.79 Å². The molecule has 7 atom stereocenters. The lowest BCUT2D eigenvalue weighted by molar-refractivity contribution is -0.155. The lowest BCUT2D eigenvalue weighted by atomic mass is 9.84. The molecule has 0 aromatic rings. The Morgan fingerprint density at radius 3 is 2.03 bits per heavy atom. The molecule has 0 bridgehead atoms. The molecule has 0 aromatic heterocycles. The standard InChI is InChI=1S/C28H55IO5Si/c1-13-23(34-35(11,12)28(6,7)8)19-25(31-9)20(3)15-16-24(33-26(30)14-2)22(5)27(32-10)21(4)17-18-29/h17-18,20-25,27H,13-16,19H2,1-12H3. The number of hydrogen-bond acceptors (Lipinski definition) is 5. The van der Waals surface area contributed by atoms with E-state index in [0.717, 1.165) is 25.7 Å². The van der Waals surface area contributed by atoms with Crippen molar-refractivity contribution in [2.24, 2.45) is 17.8 Å². The van der Waals surface area contributed by atoms with Crippen LogP contribution in [0.15, 0.2) is 10.2 Å². The van der Waals surface area contributed by atoms with E-state index in [4.69, 9.17) is 18.6 Å². The third-order valence-electron chi connectivity index (χ3n) is 7.90. The Morgan fingerprint density at radius 2 is 1.60 bits per heavy atom. The van der Waals surface area contributed by atoms with Gasteiger partial charge in [0.1, 0.15) is 6.10 Å². The van der Waals surface area contributed by atoms with Crippen molar-refractivity contribution in [2.75, 3.05) is 14.2 Å². The minimum Gasteiger partial charge on any atom is -0.462 e. The number of esters is 1. The van der Waals surface area contributed by atoms with Crippen LogP contribution in [0.5, 0.6) is 0 Å². The first-order valence-electron chi connectivity index (χ1n) is 13.4. The molecular formula is C28H55IO5Si. The smallest absolute Gasteiger partial charge is 0.305 e. The first kappa shape index (κ1) is 35.0. The van der Waals surface area contributed by atoms with E-state index in [1.54, 1.807) is 14.2 Å². The summed E-state index contributed by atoms with van der Waals surface area (Å²) in [6.45, 7) is 22.1. The molecule has 0 aliphatic heterocycles. The Labute approximate surface area is 231 Å². The number of halogens is 1. The molecule has 0 saturated carbocycles. The van der Waals surface area contributed by atoms with E-state index in [1.807, 2.05) is 11.0 Å². The van der Waals surface area contributed by atoms with Crippen molar-refractivity contribution in [1.29, 1.82) is 0 Å². The monoisotopic (exact) mass is 626 g/mol. The molecule has 0 aliphatic rings. The highest BCUT2D eigenvalue weighted by molar-refractivity contribution is 14.1. The Hall–Kier alpha value is 0.0369. The normalized spacial score (nSPS) is 19.1. The van der Waals surface area contributed by atoms with Gasteiger partial charge in [0.05, 0.1) is 12.2 Å². The highest BCUT2D eigenvalue weighted by Crippen LogP contribution is 2.38. The Balaban J connectivity index is 5.41. The lowest BCUT2D eigenvalue weighted by Gasteiger charge is -2.40. The van der Waals surface area contributed by atoms with Crippen LogP contribution in [0, 0.1) is 17.8 Å². The van der Waals surface area contributed by atoms with E-state index >= 15 is 0 Å². The summed E-state index contributed by atoms with van der Waals surface area (Å²) in [5.41, 5.74) is 0. The second-order valence-electron chi connectivity index (χ2n) is 11.6. The Kier molecular flexibility index (Phi) is 16.8. The van der Waals surface area contributed by atoms with Crippen LogP contribution < -0.4 is 0 Å². The van der Waals surface area contributed by atoms with Gasteiger partial charge in [-0.3, -0.25) is 4.79 Å². The summed E-state index contributed by atoms with van der Waals surface area (Å²) in [7, 11) is 1.70. The van der Waals surface area contributed by atoms with Gasteiger partial charge in [0.2, 0.25) is 0 Å². The van der Waals surface area contributed by atoms with Crippen LogP contribution in [-0.2, 0) is 23.4 Å². The van der Waals surface area contributed by atoms with E-state index in [1.165, 1.54) is 0 Å². The predicted molar refractivity (Wildman–Crippen MR) is 159 cm³/mol. The average molecular weight is 627 g/mol. The molecule has 5 nitrogen and oxygen atoms in total. The Morgan fingerprint density at radius 1 is 1.00 bits per heavy atom. The van der Waals surface area contributed by atoms with Crippen molar-refractivity contribution < 1.29 is 23.4 Å². The van der Waals surface area contributed by atoms with Crippen LogP contribution in [0.4, 0.5) is 0 Å². The molecule has 0 N–H and O–H groups in total. The topological polar surface area (TPSA) is 54.0 Å². The maximum atomic E-state index is 12.3. The molecule has 35 heavy (non-hydrogen) atoms. The van der Waals surface area contributed by atoms with Gasteiger partial charge in [-0.05, 0) is 53.8 Å². The summed E-state index contributed by atoms with van der Waals surface area (Å²) in [4.78, 5) is 12.3. The number of rotatable bonds is 17. The zero-order valence-corrected chi connectivity index (χ0v) is 27.8. The third-order valence-corrected chi connectivity index (χ3v) is 12.9. The second-order valence-corrected chi connectivity index (χ2v) is 17.1. The van der Waals surface area contributed by atoms with Gasteiger partial charge in [-0.2, -0.15) is 0 Å². The number of carbonyl (C=O) groups excluding carboxylic acids is 1. The summed E-state index contributed by atoms with van der Waals surface area (Å²) >= 11 is 2.24. The Bertz CT molecular complexity index is 619. The maximum absolute atomic E-state index is 12.3. The molecule has 0 aliphatic carbocycles. The summed E-state index contributed by atoms with van der Waals surface area (Å²) in [6.07, 6.45) is 6.15. The highest BCUT2D eigenvalue weighted by Gasteiger charge is 2.39. The van der Waals surface area contributed by atoms with E-state index < -0.39 is 8.32 Å². The summed E-state index contributed by atoms with van der Waals surface area (Å²) in [6, 6.07) is 0. The van der Waals surface area contributed by atoms with Crippen LogP contribution in [0.25, 0.3) is 0 Å². The van der Waals surface area contributed by atoms with Crippen molar-refractivity contribution in [3.8, 4) is 0 Å². The van der Waals surface area contributed by atoms with Crippen molar-refractivity contribution in [3.05, 3.63) is 10.2 Å². The summed E-state index contributed by atoms with van der Waals surface area (Å²) < 4.78 is 26.5. The maximum Gasteiger partial charge on any atom is 0.305 e. The molecule has 7 unspecified atom stereocenters. The fourth-order valence-electron chi connectivity index (χ4n) is 4.35. The number of hydrogen-bond donors (Lipinski definition) is 0. The number of carbonyl (C=O) groups is 1. The molecule has 0 fully saturated rings. The quantitative estimate of drug-likeness (QED) is 0.0927. The van der Waals surface area contributed by atoms with Crippen LogP contribution in [0.2, 0.25) is 18.1 Å². The number of methoxy groups -OCH3 is 2. The molecule has 0 saturated heterocycles. The van der Waals surface area contributed by atoms with Crippen LogP contribution in [-0.4, -0.2) is 52.9 Å². The van der Waals surface area contributed by atoms with Crippen molar-refractivity contribution >= 4 is 36.9 Å². The lowest BCUT2D eigenvalue weighted by Crippen LogP contribution is -2.45. The summed E-state index contributed by atoms with van der Waals surface area (Å²) in [5, 5.41) is 0.183. The zero-order valence-electron chi connectivity index (χ0n) is 24.7. The van der Waals surface area contributed by atoms with Crippen molar-refractivity contribution in [3.63, 3.8) is 0 Å². The van der Waals surface area contributed by atoms with Crippen LogP contribution in [0.1, 0.15) is 87.5 Å². The SMILES string of the molecule is CCC(=O)OC(CCC(C)C(CC(CC)O[Si](C)(C)C(C)(C)C)OC)C(C)C(OC)C(C)C=CI. The minimum absolute atomic E-state index is 0.0216. The first-order chi connectivity index (χ1) is 16.2. The molecular weight excluding hydrogens is 571 g/mol. The molecule has 0 spiro atoms. The molecule has 0 aromatic carbocycles. The summed E-state index contributed by atoms with van der Waals surface area (Å²) in [5.74, 6) is 0.478. The van der Waals surface area contributed by atoms with Gasteiger partial charge in [0.15, 0.2) is 8.32 Å². The van der Waals surface area contributed by atoms with E-state index in [-0.39, 0.29) is 47.3 Å². The average Bonchev–Trinajstić information content (AvgIpc) is 2.78. The fourth-order valence-corrected chi connectivity index (χ4v) is 6.45. The zero-order chi connectivity index (χ0) is 27.4. The predicted octanol–water partition coefficient (Wildman–Crippen LogP) is 8.17. The third kappa shape index (κ3) is 12.0. The van der Waals surface area contributed by atoms with Gasteiger partial charge in [0, 0.05) is 38.6 Å². The second kappa shape index (κ2) is 16.8. The van der Waals surface area contributed by atoms with Crippen molar-refractivity contribution in [2.45, 2.75) is 130 Å². The van der Waals surface area contributed by atoms with Gasteiger partial charge in [-0.15, -0.1) is 0 Å². The molecule has 208 valence electrons. The van der Waals surface area contributed by atoms with Gasteiger partial charge in [-0.1, -0.05) is 84.1 Å². The fraction of sp³-hybridized carbons (Fsp3) is 0.893. The van der Waals surface area contributed by atoms with Gasteiger partial charge < -0.3 is 18.6 Å². The minimum atomic E-state index is -1.84. The van der Waals surface area contributed by atoms with E-state index in [0.29, 0.717) is 12.3 Å². The highest BCUT2D eigenvalue weighted by atomic mass is 127.